The lowest BCUT2D eigenvalue weighted by molar-refractivity contribution is -0.142. The number of nitrogens with one attached hydrogen (secondary N) is 1. The average molecular weight is 312 g/mol. The van der Waals surface area contributed by atoms with Gasteiger partial charge in [-0.15, -0.1) is 0 Å². The highest BCUT2D eigenvalue weighted by molar-refractivity contribution is 6.32. The molecule has 114 valence electrons. The molecule has 1 aromatic carbocycles. The Bertz CT molecular complexity index is 541. The number of carboxylic acid groups (broad SMARTS) is 1. The zero-order valence-corrected chi connectivity index (χ0v) is 12.4. The van der Waals surface area contributed by atoms with Gasteiger partial charge in [0.05, 0.1) is 10.9 Å². The van der Waals surface area contributed by atoms with Gasteiger partial charge in [0, 0.05) is 12.6 Å². The molecule has 0 radical (unpaired) electrons. The summed E-state index contributed by atoms with van der Waals surface area (Å²) in [4.78, 5) is 10.9. The van der Waals surface area contributed by atoms with Crippen molar-refractivity contribution in [1.82, 2.24) is 5.32 Å². The Hall–Kier alpha value is -1.46. The van der Waals surface area contributed by atoms with Crippen molar-refractivity contribution >= 4 is 17.6 Å². The number of rotatable bonds is 4. The lowest BCUT2D eigenvalue weighted by atomic mass is 9.86. The van der Waals surface area contributed by atoms with E-state index in [-0.39, 0.29) is 12.7 Å². The van der Waals surface area contributed by atoms with Gasteiger partial charge in [0.25, 0.3) is 0 Å². The van der Waals surface area contributed by atoms with Gasteiger partial charge in [-0.25, -0.2) is 0 Å². The maximum absolute atomic E-state index is 10.9. The van der Waals surface area contributed by atoms with Crippen LogP contribution in [0.15, 0.2) is 12.1 Å². The molecule has 0 bridgehead atoms. The van der Waals surface area contributed by atoms with Crippen LogP contribution < -0.4 is 14.8 Å². The summed E-state index contributed by atoms with van der Waals surface area (Å²) in [5.41, 5.74) is 1.05. The number of carboxylic acids is 1. The van der Waals surface area contributed by atoms with Crippen molar-refractivity contribution in [2.75, 3.05) is 6.79 Å². The largest absolute Gasteiger partial charge is 0.481 e. The van der Waals surface area contributed by atoms with Gasteiger partial charge < -0.3 is 19.9 Å². The molecule has 0 atom stereocenters. The van der Waals surface area contributed by atoms with E-state index in [2.05, 4.69) is 5.32 Å². The van der Waals surface area contributed by atoms with Crippen molar-refractivity contribution in [3.05, 3.63) is 22.7 Å². The normalized spacial score (nSPS) is 24.0. The second kappa shape index (κ2) is 6.12. The minimum Gasteiger partial charge on any atom is -0.481 e. The lowest BCUT2D eigenvalue weighted by Gasteiger charge is -2.27. The van der Waals surface area contributed by atoms with Crippen molar-refractivity contribution in [2.45, 2.75) is 38.3 Å². The highest BCUT2D eigenvalue weighted by Crippen LogP contribution is 2.39. The van der Waals surface area contributed by atoms with Crippen LogP contribution in [-0.4, -0.2) is 23.9 Å². The Morgan fingerprint density at radius 3 is 2.76 bits per heavy atom. The van der Waals surface area contributed by atoms with Crippen LogP contribution in [0, 0.1) is 5.92 Å². The molecule has 1 heterocycles. The molecule has 0 amide bonds. The third kappa shape index (κ3) is 3.24. The molecular weight excluding hydrogens is 294 g/mol. The van der Waals surface area contributed by atoms with Gasteiger partial charge in [-0.3, -0.25) is 4.79 Å². The van der Waals surface area contributed by atoms with Crippen molar-refractivity contribution in [3.63, 3.8) is 0 Å². The quantitative estimate of drug-likeness (QED) is 0.895. The Kier molecular flexibility index (Phi) is 4.22. The van der Waals surface area contributed by atoms with E-state index >= 15 is 0 Å². The second-order valence-electron chi connectivity index (χ2n) is 5.58. The van der Waals surface area contributed by atoms with Gasteiger partial charge >= 0.3 is 5.97 Å². The number of carbonyl (C=O) groups is 1. The zero-order chi connectivity index (χ0) is 14.8. The highest BCUT2D eigenvalue weighted by Gasteiger charge is 2.25. The monoisotopic (exact) mass is 311 g/mol. The van der Waals surface area contributed by atoms with Crippen LogP contribution in [0.2, 0.25) is 5.02 Å². The highest BCUT2D eigenvalue weighted by atomic mass is 35.5. The molecule has 6 heteroatoms. The molecule has 2 N–H and O–H groups in total. The summed E-state index contributed by atoms with van der Waals surface area (Å²) in [6.45, 7) is 0.907. The van der Waals surface area contributed by atoms with Gasteiger partial charge in [-0.2, -0.15) is 0 Å². The summed E-state index contributed by atoms with van der Waals surface area (Å²) in [6, 6.07) is 4.18. The molecule has 5 nitrogen and oxygen atoms in total. The van der Waals surface area contributed by atoms with E-state index < -0.39 is 5.97 Å². The molecule has 0 unspecified atom stereocenters. The second-order valence-corrected chi connectivity index (χ2v) is 5.99. The number of hydrogen-bond acceptors (Lipinski definition) is 4. The van der Waals surface area contributed by atoms with E-state index in [9.17, 15) is 4.79 Å². The smallest absolute Gasteiger partial charge is 0.306 e. The summed E-state index contributed by atoms with van der Waals surface area (Å²) in [7, 11) is 0. The molecule has 1 aliphatic carbocycles. The molecule has 2 aliphatic rings. The van der Waals surface area contributed by atoms with E-state index in [4.69, 9.17) is 26.2 Å². The van der Waals surface area contributed by atoms with Crippen LogP contribution in [0.1, 0.15) is 31.2 Å². The van der Waals surface area contributed by atoms with Gasteiger partial charge in [0.2, 0.25) is 6.79 Å². The Morgan fingerprint density at radius 1 is 1.29 bits per heavy atom. The average Bonchev–Trinajstić information content (AvgIpc) is 2.94. The molecule has 1 saturated carbocycles. The summed E-state index contributed by atoms with van der Waals surface area (Å²) >= 11 is 6.15. The summed E-state index contributed by atoms with van der Waals surface area (Å²) in [6.07, 6.45) is 3.29. The number of aliphatic carboxylic acids is 1. The van der Waals surface area contributed by atoms with Crippen molar-refractivity contribution < 1.29 is 19.4 Å². The number of hydrogen-bond donors (Lipinski definition) is 2. The third-order valence-electron chi connectivity index (χ3n) is 4.16. The first-order valence-corrected chi connectivity index (χ1v) is 7.55. The summed E-state index contributed by atoms with van der Waals surface area (Å²) in [5, 5.41) is 13.0. The van der Waals surface area contributed by atoms with E-state index in [1.54, 1.807) is 0 Å². The molecular formula is C15H18ClNO4. The fraction of sp³-hybridized carbons (Fsp3) is 0.533. The maximum atomic E-state index is 10.9. The minimum atomic E-state index is -0.670. The zero-order valence-electron chi connectivity index (χ0n) is 11.6. The molecule has 0 saturated heterocycles. The summed E-state index contributed by atoms with van der Waals surface area (Å²) < 4.78 is 10.6. The van der Waals surface area contributed by atoms with Crippen LogP contribution in [0.3, 0.4) is 0 Å². The van der Waals surface area contributed by atoms with Crippen molar-refractivity contribution in [1.29, 1.82) is 0 Å². The molecule has 3 rings (SSSR count). The molecule has 1 aliphatic heterocycles. The van der Waals surface area contributed by atoms with Crippen LogP contribution in [0.4, 0.5) is 0 Å². The predicted molar refractivity (Wildman–Crippen MR) is 77.8 cm³/mol. The van der Waals surface area contributed by atoms with Crippen molar-refractivity contribution in [3.8, 4) is 11.5 Å². The van der Waals surface area contributed by atoms with E-state index in [0.717, 1.165) is 31.2 Å². The first kappa shape index (κ1) is 14.5. The molecule has 21 heavy (non-hydrogen) atoms. The standard InChI is InChI=1S/C15H18ClNO4/c16-12-5-9(6-13-14(12)21-8-20-13)7-17-11-3-1-10(2-4-11)15(18)19/h5-6,10-11,17H,1-4,7-8H2,(H,18,19). The fourth-order valence-corrected chi connectivity index (χ4v) is 3.22. The van der Waals surface area contributed by atoms with Crippen LogP contribution in [-0.2, 0) is 11.3 Å². The van der Waals surface area contributed by atoms with Gasteiger partial charge in [0.15, 0.2) is 11.5 Å². The number of benzene rings is 1. The number of fused-ring (bicyclic) bond motifs is 1. The van der Waals surface area contributed by atoms with E-state index in [1.807, 2.05) is 12.1 Å². The molecule has 0 aromatic heterocycles. The fourth-order valence-electron chi connectivity index (χ4n) is 2.93. The van der Waals surface area contributed by atoms with Crippen molar-refractivity contribution in [2.24, 2.45) is 5.92 Å². The van der Waals surface area contributed by atoms with Gasteiger partial charge in [0.1, 0.15) is 0 Å². The SMILES string of the molecule is O=C(O)C1CCC(NCc2cc(Cl)c3c(c2)OCO3)CC1. The number of ether oxygens (including phenoxy) is 2. The molecule has 0 spiro atoms. The Labute approximate surface area is 128 Å². The van der Waals surface area contributed by atoms with Crippen LogP contribution >= 0.6 is 11.6 Å². The minimum absolute atomic E-state index is 0.178. The van der Waals surface area contributed by atoms with E-state index in [0.29, 0.717) is 29.1 Å². The Balaban J connectivity index is 1.54. The molecule has 1 aromatic rings. The van der Waals surface area contributed by atoms with Crippen LogP contribution in [0.5, 0.6) is 11.5 Å². The van der Waals surface area contributed by atoms with Gasteiger partial charge in [-0.1, -0.05) is 11.6 Å². The van der Waals surface area contributed by atoms with Gasteiger partial charge in [-0.05, 0) is 43.4 Å². The molecule has 1 fully saturated rings. The summed E-state index contributed by atoms with van der Waals surface area (Å²) in [5.74, 6) is 0.454. The van der Waals surface area contributed by atoms with Crippen LogP contribution in [0.25, 0.3) is 0 Å². The predicted octanol–water partition coefficient (Wildman–Crippen LogP) is 2.80. The number of halogens is 1. The maximum Gasteiger partial charge on any atom is 0.306 e. The first-order valence-electron chi connectivity index (χ1n) is 7.17. The van der Waals surface area contributed by atoms with E-state index in [1.165, 1.54) is 0 Å². The first-order chi connectivity index (χ1) is 10.1. The topological polar surface area (TPSA) is 67.8 Å². The lowest BCUT2D eigenvalue weighted by Crippen LogP contribution is -2.34. The Morgan fingerprint density at radius 2 is 2.05 bits per heavy atom. The third-order valence-corrected chi connectivity index (χ3v) is 4.44.